The van der Waals surface area contributed by atoms with Crippen LogP contribution in [-0.2, 0) is 0 Å². The van der Waals surface area contributed by atoms with E-state index < -0.39 is 5.97 Å². The first-order chi connectivity index (χ1) is 9.51. The first-order valence-electron chi connectivity index (χ1n) is 5.92. The third-order valence-electron chi connectivity index (χ3n) is 2.93. The number of hydrogen-bond donors (Lipinski definition) is 3. The molecule has 0 aliphatic carbocycles. The van der Waals surface area contributed by atoms with E-state index in [0.29, 0.717) is 16.9 Å². The second kappa shape index (κ2) is 5.33. The number of nitrogens with one attached hydrogen (secondary N) is 1. The minimum absolute atomic E-state index is 0.135. The van der Waals surface area contributed by atoms with Crippen LogP contribution in [0, 0.1) is 18.3 Å². The number of carboxylic acids is 1. The summed E-state index contributed by atoms with van der Waals surface area (Å²) in [4.78, 5) is 10.8. The van der Waals surface area contributed by atoms with Crippen molar-refractivity contribution in [2.24, 2.45) is 0 Å². The van der Waals surface area contributed by atoms with E-state index in [9.17, 15) is 4.79 Å². The van der Waals surface area contributed by atoms with Crippen molar-refractivity contribution >= 4 is 23.0 Å². The molecule has 0 saturated heterocycles. The van der Waals surface area contributed by atoms with Crippen LogP contribution in [0.2, 0.25) is 0 Å². The number of benzene rings is 2. The van der Waals surface area contributed by atoms with Gasteiger partial charge in [-0.15, -0.1) is 0 Å². The maximum atomic E-state index is 10.8. The summed E-state index contributed by atoms with van der Waals surface area (Å²) < 4.78 is 0. The number of nitrogens with zero attached hydrogens (tertiary/aromatic N) is 1. The maximum absolute atomic E-state index is 10.8. The van der Waals surface area contributed by atoms with E-state index >= 15 is 0 Å². The van der Waals surface area contributed by atoms with E-state index in [4.69, 9.17) is 16.1 Å². The van der Waals surface area contributed by atoms with Crippen LogP contribution in [0.15, 0.2) is 36.4 Å². The number of aryl methyl sites for hydroxylation is 1. The summed E-state index contributed by atoms with van der Waals surface area (Å²) in [5.41, 5.74) is 9.18. The van der Waals surface area contributed by atoms with Crippen LogP contribution in [0.4, 0.5) is 17.1 Å². The van der Waals surface area contributed by atoms with Crippen molar-refractivity contribution in [3.05, 3.63) is 53.1 Å². The Hall–Kier alpha value is -3.00. The lowest BCUT2D eigenvalue weighted by molar-refractivity contribution is 0.0697. The molecule has 2 aromatic carbocycles. The van der Waals surface area contributed by atoms with Gasteiger partial charge in [-0.25, -0.2) is 4.79 Å². The number of rotatable bonds is 3. The van der Waals surface area contributed by atoms with E-state index in [2.05, 4.69) is 11.4 Å². The molecule has 0 aliphatic heterocycles. The van der Waals surface area contributed by atoms with E-state index in [-0.39, 0.29) is 5.56 Å². The van der Waals surface area contributed by atoms with Crippen LogP contribution >= 0.6 is 0 Å². The summed E-state index contributed by atoms with van der Waals surface area (Å²) in [7, 11) is 0. The number of anilines is 3. The molecule has 0 aliphatic rings. The highest BCUT2D eigenvalue weighted by atomic mass is 16.4. The molecule has 0 radical (unpaired) electrons. The van der Waals surface area contributed by atoms with Gasteiger partial charge in [-0.1, -0.05) is 6.07 Å². The summed E-state index contributed by atoms with van der Waals surface area (Å²) in [6.07, 6.45) is 0. The van der Waals surface area contributed by atoms with Crippen molar-refractivity contribution < 1.29 is 9.90 Å². The van der Waals surface area contributed by atoms with E-state index in [0.717, 1.165) is 11.3 Å². The molecule has 0 bridgehead atoms. The zero-order valence-electron chi connectivity index (χ0n) is 10.8. The van der Waals surface area contributed by atoms with Gasteiger partial charge in [0.15, 0.2) is 0 Å². The van der Waals surface area contributed by atoms with Gasteiger partial charge in [-0.3, -0.25) is 0 Å². The van der Waals surface area contributed by atoms with E-state index in [1.807, 2.05) is 13.0 Å². The first kappa shape index (κ1) is 13.4. The van der Waals surface area contributed by atoms with Crippen molar-refractivity contribution in [1.82, 2.24) is 0 Å². The van der Waals surface area contributed by atoms with Crippen molar-refractivity contribution in [3.63, 3.8) is 0 Å². The van der Waals surface area contributed by atoms with Gasteiger partial charge in [-0.05, 0) is 42.8 Å². The van der Waals surface area contributed by atoms with Gasteiger partial charge < -0.3 is 16.2 Å². The zero-order chi connectivity index (χ0) is 14.7. The summed E-state index contributed by atoms with van der Waals surface area (Å²) in [5.74, 6) is -1.02. The predicted molar refractivity (Wildman–Crippen MR) is 77.0 cm³/mol. The smallest absolute Gasteiger partial charge is 0.335 e. The molecule has 2 rings (SSSR count). The predicted octanol–water partition coefficient (Wildman–Crippen LogP) is 2.89. The molecule has 0 spiro atoms. The van der Waals surface area contributed by atoms with Gasteiger partial charge in [0, 0.05) is 5.69 Å². The van der Waals surface area contributed by atoms with Crippen LogP contribution in [0.5, 0.6) is 0 Å². The number of nitriles is 1. The van der Waals surface area contributed by atoms with Crippen molar-refractivity contribution in [2.75, 3.05) is 11.1 Å². The van der Waals surface area contributed by atoms with E-state index in [1.54, 1.807) is 18.2 Å². The molecule has 5 heteroatoms. The molecule has 100 valence electrons. The lowest BCUT2D eigenvalue weighted by Crippen LogP contribution is -2.02. The maximum Gasteiger partial charge on any atom is 0.335 e. The minimum Gasteiger partial charge on any atom is -0.478 e. The Morgan fingerprint density at radius 3 is 2.60 bits per heavy atom. The van der Waals surface area contributed by atoms with Crippen LogP contribution in [0.1, 0.15) is 21.5 Å². The summed E-state index contributed by atoms with van der Waals surface area (Å²) in [5, 5.41) is 20.9. The van der Waals surface area contributed by atoms with Gasteiger partial charge >= 0.3 is 5.97 Å². The zero-order valence-corrected chi connectivity index (χ0v) is 10.8. The van der Waals surface area contributed by atoms with Crippen molar-refractivity contribution in [3.8, 4) is 6.07 Å². The second-order valence-corrected chi connectivity index (χ2v) is 4.37. The second-order valence-electron chi connectivity index (χ2n) is 4.37. The van der Waals surface area contributed by atoms with E-state index in [1.165, 1.54) is 12.1 Å². The lowest BCUT2D eigenvalue weighted by atomic mass is 10.1. The van der Waals surface area contributed by atoms with Crippen LogP contribution in [0.3, 0.4) is 0 Å². The summed E-state index contributed by atoms with van der Waals surface area (Å²) >= 11 is 0. The Labute approximate surface area is 116 Å². The highest BCUT2D eigenvalue weighted by Gasteiger charge is 2.08. The van der Waals surface area contributed by atoms with Crippen molar-refractivity contribution in [2.45, 2.75) is 6.92 Å². The molecular weight excluding hydrogens is 254 g/mol. The largest absolute Gasteiger partial charge is 0.478 e. The highest BCUT2D eigenvalue weighted by molar-refractivity contribution is 5.91. The molecule has 0 heterocycles. The monoisotopic (exact) mass is 267 g/mol. The minimum atomic E-state index is -1.02. The fourth-order valence-electron chi connectivity index (χ4n) is 1.78. The number of nitrogen functional groups attached to an aromatic ring is 1. The summed E-state index contributed by atoms with van der Waals surface area (Å²) in [6, 6.07) is 11.8. The van der Waals surface area contributed by atoms with Gasteiger partial charge in [0.2, 0.25) is 0 Å². The molecule has 20 heavy (non-hydrogen) atoms. The molecule has 0 atom stereocenters. The van der Waals surface area contributed by atoms with Gasteiger partial charge in [0.1, 0.15) is 0 Å². The Bertz CT molecular complexity index is 718. The number of carbonyl (C=O) groups is 1. The fourth-order valence-corrected chi connectivity index (χ4v) is 1.78. The highest BCUT2D eigenvalue weighted by Crippen LogP contribution is 2.26. The normalized spacial score (nSPS) is 9.80. The van der Waals surface area contributed by atoms with Crippen LogP contribution < -0.4 is 11.1 Å². The molecule has 0 saturated carbocycles. The van der Waals surface area contributed by atoms with Crippen LogP contribution in [0.25, 0.3) is 0 Å². The number of hydrogen-bond acceptors (Lipinski definition) is 4. The molecule has 0 unspecified atom stereocenters. The average molecular weight is 267 g/mol. The quantitative estimate of drug-likeness (QED) is 0.742. The van der Waals surface area contributed by atoms with Crippen molar-refractivity contribution in [1.29, 1.82) is 5.26 Å². The topological polar surface area (TPSA) is 99.1 Å². The molecule has 5 nitrogen and oxygen atoms in total. The Kier molecular flexibility index (Phi) is 3.58. The SMILES string of the molecule is Cc1ccc(C#N)cc1Nc1ccc(C(=O)O)cc1N. The molecule has 0 fully saturated rings. The Morgan fingerprint density at radius 1 is 1.25 bits per heavy atom. The molecule has 0 amide bonds. The van der Waals surface area contributed by atoms with Gasteiger partial charge in [0.25, 0.3) is 0 Å². The number of nitrogens with two attached hydrogens (primary N) is 1. The lowest BCUT2D eigenvalue weighted by Gasteiger charge is -2.12. The standard InChI is InChI=1S/C15H13N3O2/c1-9-2-3-10(8-16)6-14(9)18-13-5-4-11(15(19)20)7-12(13)17/h2-7,18H,17H2,1H3,(H,19,20). The molecular formula is C15H13N3O2. The summed E-state index contributed by atoms with van der Waals surface area (Å²) in [6.45, 7) is 1.91. The first-order valence-corrected chi connectivity index (χ1v) is 5.92. The number of carboxylic acid groups (broad SMARTS) is 1. The third kappa shape index (κ3) is 2.70. The Morgan fingerprint density at radius 2 is 2.00 bits per heavy atom. The van der Waals surface area contributed by atoms with Crippen LogP contribution in [-0.4, -0.2) is 11.1 Å². The van der Waals surface area contributed by atoms with Gasteiger partial charge in [0.05, 0.1) is 28.6 Å². The molecule has 2 aromatic rings. The molecule has 0 aromatic heterocycles. The fraction of sp³-hybridized carbons (Fsp3) is 0.0667. The Balaban J connectivity index is 2.35. The average Bonchev–Trinajstić information content (AvgIpc) is 2.43. The molecule has 4 N–H and O–H groups in total. The van der Waals surface area contributed by atoms with Gasteiger partial charge in [-0.2, -0.15) is 5.26 Å². The third-order valence-corrected chi connectivity index (χ3v) is 2.93. The number of aromatic carboxylic acids is 1.